The fourth-order valence-corrected chi connectivity index (χ4v) is 3.42. The largest absolute Gasteiger partial charge is 0.494 e. The van der Waals surface area contributed by atoms with Crippen molar-refractivity contribution in [2.24, 2.45) is 0 Å². The number of hydrogen-bond donors (Lipinski definition) is 2. The Hall–Kier alpha value is -3.26. The molecule has 0 spiro atoms. The van der Waals surface area contributed by atoms with Crippen molar-refractivity contribution in [1.29, 1.82) is 0 Å². The lowest BCUT2D eigenvalue weighted by atomic mass is 10.1. The van der Waals surface area contributed by atoms with E-state index < -0.39 is 0 Å². The number of ether oxygens (including phenoxy) is 1. The number of nitrogens with one attached hydrogen (secondary N) is 2. The van der Waals surface area contributed by atoms with E-state index in [1.54, 1.807) is 24.5 Å². The highest BCUT2D eigenvalue weighted by Gasteiger charge is 2.22. The van der Waals surface area contributed by atoms with E-state index in [0.29, 0.717) is 29.4 Å². The van der Waals surface area contributed by atoms with Gasteiger partial charge in [-0.3, -0.25) is 14.6 Å². The summed E-state index contributed by atoms with van der Waals surface area (Å²) in [6.45, 7) is 4.15. The highest BCUT2D eigenvalue weighted by molar-refractivity contribution is 7.09. The van der Waals surface area contributed by atoms with E-state index in [1.807, 2.05) is 31.2 Å². The zero-order valence-corrected chi connectivity index (χ0v) is 16.4. The highest BCUT2D eigenvalue weighted by Crippen LogP contribution is 2.33. The van der Waals surface area contributed by atoms with Crippen molar-refractivity contribution in [3.63, 3.8) is 0 Å². The Kier molecular flexibility index (Phi) is 6.33. The lowest BCUT2D eigenvalue weighted by Gasteiger charge is -2.11. The molecule has 28 heavy (non-hydrogen) atoms. The van der Waals surface area contributed by atoms with Crippen LogP contribution in [0.25, 0.3) is 11.3 Å². The zero-order valence-electron chi connectivity index (χ0n) is 15.6. The Morgan fingerprint density at radius 3 is 2.61 bits per heavy atom. The van der Waals surface area contributed by atoms with Crippen LogP contribution in [0.3, 0.4) is 0 Å². The molecule has 2 N–H and O–H groups in total. The first-order valence-corrected chi connectivity index (χ1v) is 9.54. The maximum absolute atomic E-state index is 12.8. The van der Waals surface area contributed by atoms with Gasteiger partial charge in [0, 0.05) is 37.0 Å². The summed E-state index contributed by atoms with van der Waals surface area (Å²) in [5, 5.41) is 5.61. The van der Waals surface area contributed by atoms with Gasteiger partial charge < -0.3 is 15.4 Å². The highest BCUT2D eigenvalue weighted by atomic mass is 32.1. The molecule has 2 heterocycles. The standard InChI is InChI=1S/C20H20N4O3S/c1-3-27-16-7-5-4-6-15(16)12-22-20(26)19-18(23-13(2)25)17(24-28-19)14-8-10-21-11-9-14/h4-11H,3,12H2,1-2H3,(H,22,26)(H,23,25). The minimum Gasteiger partial charge on any atom is -0.494 e. The molecule has 3 aromatic rings. The molecule has 0 bridgehead atoms. The summed E-state index contributed by atoms with van der Waals surface area (Å²) < 4.78 is 9.97. The number of benzene rings is 1. The smallest absolute Gasteiger partial charge is 0.265 e. The minimum absolute atomic E-state index is 0.272. The Bertz CT molecular complexity index is 973. The quantitative estimate of drug-likeness (QED) is 0.638. The topological polar surface area (TPSA) is 93.2 Å². The molecule has 0 atom stereocenters. The lowest BCUT2D eigenvalue weighted by molar-refractivity contribution is -0.114. The minimum atomic E-state index is -0.312. The van der Waals surface area contributed by atoms with Crippen LogP contribution < -0.4 is 15.4 Å². The molecule has 2 aromatic heterocycles. The SMILES string of the molecule is CCOc1ccccc1CNC(=O)c1snc(-c2ccncc2)c1NC(C)=O. The van der Waals surface area contributed by atoms with Crippen LogP contribution in [0, 0.1) is 0 Å². The van der Waals surface area contributed by atoms with Gasteiger partial charge >= 0.3 is 0 Å². The fourth-order valence-electron chi connectivity index (χ4n) is 2.65. The summed E-state index contributed by atoms with van der Waals surface area (Å²) in [6, 6.07) is 11.1. The van der Waals surface area contributed by atoms with E-state index in [1.165, 1.54) is 6.92 Å². The number of hydrogen-bond acceptors (Lipinski definition) is 6. The van der Waals surface area contributed by atoms with E-state index in [0.717, 1.165) is 28.4 Å². The van der Waals surface area contributed by atoms with Gasteiger partial charge in [-0.1, -0.05) is 18.2 Å². The van der Waals surface area contributed by atoms with Crippen LogP contribution in [0.15, 0.2) is 48.8 Å². The first-order chi connectivity index (χ1) is 13.6. The molecular formula is C20H20N4O3S. The Balaban J connectivity index is 1.84. The van der Waals surface area contributed by atoms with Crippen LogP contribution in [-0.4, -0.2) is 27.8 Å². The van der Waals surface area contributed by atoms with E-state index in [-0.39, 0.29) is 11.8 Å². The molecule has 3 rings (SSSR count). The van der Waals surface area contributed by atoms with E-state index >= 15 is 0 Å². The van der Waals surface area contributed by atoms with Crippen LogP contribution >= 0.6 is 11.5 Å². The second-order valence-corrected chi connectivity index (χ2v) is 6.65. The molecule has 2 amide bonds. The first-order valence-electron chi connectivity index (χ1n) is 8.76. The zero-order chi connectivity index (χ0) is 19.9. The molecule has 8 heteroatoms. The second-order valence-electron chi connectivity index (χ2n) is 5.88. The number of carbonyl (C=O) groups is 2. The van der Waals surface area contributed by atoms with Crippen molar-refractivity contribution >= 4 is 29.0 Å². The Morgan fingerprint density at radius 1 is 1.14 bits per heavy atom. The summed E-state index contributed by atoms with van der Waals surface area (Å²) in [5.41, 5.74) is 2.59. The van der Waals surface area contributed by atoms with Gasteiger partial charge in [-0.2, -0.15) is 4.37 Å². The number of pyridine rings is 1. The molecular weight excluding hydrogens is 376 g/mol. The van der Waals surface area contributed by atoms with Crippen LogP contribution in [0.4, 0.5) is 5.69 Å². The molecule has 0 aliphatic carbocycles. The predicted molar refractivity (Wildman–Crippen MR) is 108 cm³/mol. The first kappa shape index (κ1) is 19.5. The van der Waals surface area contributed by atoms with Crippen molar-refractivity contribution in [3.8, 4) is 17.0 Å². The molecule has 144 valence electrons. The van der Waals surface area contributed by atoms with E-state index in [2.05, 4.69) is 20.0 Å². The molecule has 0 radical (unpaired) electrons. The summed E-state index contributed by atoms with van der Waals surface area (Å²) >= 11 is 1.04. The number of nitrogens with zero attached hydrogens (tertiary/aromatic N) is 2. The van der Waals surface area contributed by atoms with E-state index in [4.69, 9.17) is 4.74 Å². The van der Waals surface area contributed by atoms with Crippen LogP contribution in [0.2, 0.25) is 0 Å². The maximum Gasteiger partial charge on any atom is 0.265 e. The monoisotopic (exact) mass is 396 g/mol. The van der Waals surface area contributed by atoms with Crippen LogP contribution in [0.1, 0.15) is 29.1 Å². The number of aromatic nitrogens is 2. The third-order valence-electron chi connectivity index (χ3n) is 3.86. The summed E-state index contributed by atoms with van der Waals surface area (Å²) in [4.78, 5) is 28.8. The Morgan fingerprint density at radius 2 is 1.89 bits per heavy atom. The average molecular weight is 396 g/mol. The van der Waals surface area contributed by atoms with Gasteiger partial charge in [-0.05, 0) is 36.7 Å². The van der Waals surface area contributed by atoms with Gasteiger partial charge in [0.25, 0.3) is 5.91 Å². The third-order valence-corrected chi connectivity index (χ3v) is 4.71. The molecule has 0 fully saturated rings. The summed E-state index contributed by atoms with van der Waals surface area (Å²) in [5.74, 6) is 0.147. The van der Waals surface area contributed by atoms with Crippen molar-refractivity contribution < 1.29 is 14.3 Å². The van der Waals surface area contributed by atoms with Gasteiger partial charge in [0.05, 0.1) is 12.3 Å². The molecule has 0 aliphatic heterocycles. The normalized spacial score (nSPS) is 10.4. The molecule has 0 aliphatic rings. The average Bonchev–Trinajstić information content (AvgIpc) is 3.11. The predicted octanol–water partition coefficient (Wildman–Crippen LogP) is 3.49. The fraction of sp³-hybridized carbons (Fsp3) is 0.200. The number of amides is 2. The summed E-state index contributed by atoms with van der Waals surface area (Å²) in [7, 11) is 0. The van der Waals surface area contributed by atoms with Crippen molar-refractivity contribution in [2.75, 3.05) is 11.9 Å². The van der Waals surface area contributed by atoms with Crippen molar-refractivity contribution in [3.05, 3.63) is 59.2 Å². The summed E-state index contributed by atoms with van der Waals surface area (Å²) in [6.07, 6.45) is 3.27. The van der Waals surface area contributed by atoms with Crippen molar-refractivity contribution in [2.45, 2.75) is 20.4 Å². The number of carbonyl (C=O) groups excluding carboxylic acids is 2. The number of para-hydroxylation sites is 1. The molecule has 7 nitrogen and oxygen atoms in total. The Labute approximate surface area is 166 Å². The molecule has 0 unspecified atom stereocenters. The van der Waals surface area contributed by atoms with Gasteiger partial charge in [-0.25, -0.2) is 0 Å². The number of rotatable bonds is 7. The van der Waals surface area contributed by atoms with Gasteiger partial charge in [0.2, 0.25) is 5.91 Å². The number of anilines is 1. The second kappa shape index (κ2) is 9.09. The van der Waals surface area contributed by atoms with Gasteiger partial charge in [-0.15, -0.1) is 0 Å². The molecule has 1 aromatic carbocycles. The van der Waals surface area contributed by atoms with Crippen LogP contribution in [-0.2, 0) is 11.3 Å². The maximum atomic E-state index is 12.8. The molecule has 0 saturated heterocycles. The van der Waals surface area contributed by atoms with Gasteiger partial charge in [0.15, 0.2) is 0 Å². The lowest BCUT2D eigenvalue weighted by Crippen LogP contribution is -2.23. The van der Waals surface area contributed by atoms with Crippen LogP contribution in [0.5, 0.6) is 5.75 Å². The third kappa shape index (κ3) is 4.52. The molecule has 0 saturated carbocycles. The van der Waals surface area contributed by atoms with Crippen molar-refractivity contribution in [1.82, 2.24) is 14.7 Å². The van der Waals surface area contributed by atoms with Gasteiger partial charge in [0.1, 0.15) is 16.3 Å². The van der Waals surface area contributed by atoms with E-state index in [9.17, 15) is 9.59 Å².